The third-order valence-electron chi connectivity index (χ3n) is 2.62. The summed E-state index contributed by atoms with van der Waals surface area (Å²) in [6.07, 6.45) is 1.74. The first-order valence-electron chi connectivity index (χ1n) is 6.58. The molecule has 0 saturated heterocycles. The van der Waals surface area contributed by atoms with Crippen molar-refractivity contribution in [3.8, 4) is 10.6 Å². The Morgan fingerprint density at radius 3 is 2.86 bits per heavy atom. The van der Waals surface area contributed by atoms with Gasteiger partial charge in [0.05, 0.1) is 18.5 Å². The normalized spacial score (nSPS) is 11.8. The molecule has 1 heterocycles. The number of hydrogen-bond acceptors (Lipinski definition) is 5. The fraction of sp³-hybridized carbons (Fsp3) is 0.357. The van der Waals surface area contributed by atoms with Gasteiger partial charge >= 0.3 is 0 Å². The average Bonchev–Trinajstić information content (AvgIpc) is 2.91. The predicted molar refractivity (Wildman–Crippen MR) is 86.0 cm³/mol. The van der Waals surface area contributed by atoms with Gasteiger partial charge in [-0.1, -0.05) is 12.1 Å². The number of nitrogens with one attached hydrogen (secondary N) is 1. The SMILES string of the molecule is CC(C)OCCS(=O)(=O)Nc1cccc(-c2nccs2)c1. The second-order valence-electron chi connectivity index (χ2n) is 4.76. The Bertz CT molecular complexity index is 667. The van der Waals surface area contributed by atoms with Gasteiger partial charge in [-0.2, -0.15) is 0 Å². The highest BCUT2D eigenvalue weighted by atomic mass is 32.2. The van der Waals surface area contributed by atoms with Gasteiger partial charge in [-0.25, -0.2) is 13.4 Å². The van der Waals surface area contributed by atoms with Crippen molar-refractivity contribution < 1.29 is 13.2 Å². The summed E-state index contributed by atoms with van der Waals surface area (Å²) in [5.41, 5.74) is 1.43. The van der Waals surface area contributed by atoms with Gasteiger partial charge in [0.2, 0.25) is 10.0 Å². The largest absolute Gasteiger partial charge is 0.378 e. The lowest BCUT2D eigenvalue weighted by molar-refractivity contribution is 0.0913. The number of sulfonamides is 1. The maximum atomic E-state index is 12.0. The van der Waals surface area contributed by atoms with Crippen molar-refractivity contribution in [1.82, 2.24) is 4.98 Å². The summed E-state index contributed by atoms with van der Waals surface area (Å²) >= 11 is 1.51. The Morgan fingerprint density at radius 2 is 2.19 bits per heavy atom. The summed E-state index contributed by atoms with van der Waals surface area (Å²) in [5, 5.41) is 2.74. The number of nitrogens with zero attached hydrogens (tertiary/aromatic N) is 1. The molecule has 114 valence electrons. The molecule has 7 heteroatoms. The zero-order chi connectivity index (χ0) is 15.3. The molecule has 1 aromatic heterocycles. The van der Waals surface area contributed by atoms with Gasteiger partial charge in [0.15, 0.2) is 0 Å². The second kappa shape index (κ2) is 7.02. The van der Waals surface area contributed by atoms with Crippen molar-refractivity contribution in [3.05, 3.63) is 35.8 Å². The lowest BCUT2D eigenvalue weighted by Gasteiger charge is -2.10. The van der Waals surface area contributed by atoms with E-state index in [0.29, 0.717) is 5.69 Å². The van der Waals surface area contributed by atoms with Crippen molar-refractivity contribution in [2.24, 2.45) is 0 Å². The highest BCUT2D eigenvalue weighted by Gasteiger charge is 2.11. The number of anilines is 1. The minimum Gasteiger partial charge on any atom is -0.378 e. The summed E-state index contributed by atoms with van der Waals surface area (Å²) in [7, 11) is -3.41. The molecule has 0 aliphatic rings. The number of thiazole rings is 1. The quantitative estimate of drug-likeness (QED) is 0.849. The van der Waals surface area contributed by atoms with Gasteiger partial charge in [-0.3, -0.25) is 4.72 Å². The Hall–Kier alpha value is -1.44. The number of rotatable bonds is 7. The van der Waals surface area contributed by atoms with Crippen LogP contribution in [0.5, 0.6) is 0 Å². The third-order valence-corrected chi connectivity index (χ3v) is 4.69. The maximum absolute atomic E-state index is 12.0. The molecule has 1 aromatic carbocycles. The van der Waals surface area contributed by atoms with E-state index in [1.807, 2.05) is 25.3 Å². The van der Waals surface area contributed by atoms with Crippen LogP contribution in [-0.4, -0.2) is 31.9 Å². The van der Waals surface area contributed by atoms with E-state index in [0.717, 1.165) is 10.6 Å². The van der Waals surface area contributed by atoms with Crippen LogP contribution in [-0.2, 0) is 14.8 Å². The van der Waals surface area contributed by atoms with Crippen molar-refractivity contribution in [1.29, 1.82) is 0 Å². The van der Waals surface area contributed by atoms with Crippen LogP contribution in [0.4, 0.5) is 5.69 Å². The second-order valence-corrected chi connectivity index (χ2v) is 7.49. The topological polar surface area (TPSA) is 68.3 Å². The van der Waals surface area contributed by atoms with E-state index in [2.05, 4.69) is 9.71 Å². The van der Waals surface area contributed by atoms with E-state index < -0.39 is 10.0 Å². The third kappa shape index (κ3) is 5.11. The van der Waals surface area contributed by atoms with Crippen LogP contribution in [0.1, 0.15) is 13.8 Å². The van der Waals surface area contributed by atoms with Crippen LogP contribution in [0.3, 0.4) is 0 Å². The summed E-state index contributed by atoms with van der Waals surface area (Å²) in [4.78, 5) is 4.21. The Balaban J connectivity index is 2.04. The van der Waals surface area contributed by atoms with Gasteiger partial charge in [0.25, 0.3) is 0 Å². The lowest BCUT2D eigenvalue weighted by atomic mass is 10.2. The van der Waals surface area contributed by atoms with Crippen LogP contribution in [0.2, 0.25) is 0 Å². The standard InChI is InChI=1S/C14H18N2O3S2/c1-11(2)19-7-9-21(17,18)16-13-5-3-4-12(10-13)14-15-6-8-20-14/h3-6,8,10-11,16H,7,9H2,1-2H3. The lowest BCUT2D eigenvalue weighted by Crippen LogP contribution is -2.21. The molecule has 0 aliphatic carbocycles. The monoisotopic (exact) mass is 326 g/mol. The number of ether oxygens (including phenoxy) is 1. The molecule has 0 bridgehead atoms. The average molecular weight is 326 g/mol. The number of hydrogen-bond donors (Lipinski definition) is 1. The molecule has 0 saturated carbocycles. The molecule has 2 rings (SSSR count). The summed E-state index contributed by atoms with van der Waals surface area (Å²) in [6, 6.07) is 7.20. The van der Waals surface area contributed by atoms with Crippen LogP contribution in [0.25, 0.3) is 10.6 Å². The van der Waals surface area contributed by atoms with Crippen molar-refractivity contribution in [3.63, 3.8) is 0 Å². The van der Waals surface area contributed by atoms with Gasteiger partial charge in [0.1, 0.15) is 5.01 Å². The summed E-state index contributed by atoms with van der Waals surface area (Å²) < 4.78 is 31.8. The molecule has 0 radical (unpaired) electrons. The van der Waals surface area contributed by atoms with Crippen LogP contribution in [0.15, 0.2) is 35.8 Å². The van der Waals surface area contributed by atoms with E-state index in [4.69, 9.17) is 4.74 Å². The molecule has 0 aliphatic heterocycles. The maximum Gasteiger partial charge on any atom is 0.235 e. The molecular formula is C14H18N2O3S2. The van der Waals surface area contributed by atoms with Crippen LogP contribution < -0.4 is 4.72 Å². The first kappa shape index (κ1) is 15.9. The molecule has 21 heavy (non-hydrogen) atoms. The highest BCUT2D eigenvalue weighted by molar-refractivity contribution is 7.92. The summed E-state index contributed by atoms with van der Waals surface area (Å²) in [6.45, 7) is 3.92. The molecule has 0 fully saturated rings. The molecule has 0 unspecified atom stereocenters. The minimum absolute atomic E-state index is 0.0217. The summed E-state index contributed by atoms with van der Waals surface area (Å²) in [5.74, 6) is -0.0628. The zero-order valence-corrected chi connectivity index (χ0v) is 13.6. The van der Waals surface area contributed by atoms with E-state index in [9.17, 15) is 8.42 Å². The fourth-order valence-corrected chi connectivity index (χ4v) is 3.25. The van der Waals surface area contributed by atoms with Crippen LogP contribution >= 0.6 is 11.3 Å². The smallest absolute Gasteiger partial charge is 0.235 e. The molecule has 5 nitrogen and oxygen atoms in total. The fourth-order valence-electron chi connectivity index (χ4n) is 1.71. The molecule has 0 atom stereocenters. The molecule has 2 aromatic rings. The Labute approximate surface area is 129 Å². The van der Waals surface area contributed by atoms with Gasteiger partial charge in [-0.15, -0.1) is 11.3 Å². The first-order valence-corrected chi connectivity index (χ1v) is 9.11. The van der Waals surface area contributed by atoms with Gasteiger partial charge in [0, 0.05) is 22.8 Å². The predicted octanol–water partition coefficient (Wildman–Crippen LogP) is 2.98. The van der Waals surface area contributed by atoms with Gasteiger partial charge in [-0.05, 0) is 26.0 Å². The Morgan fingerprint density at radius 1 is 1.38 bits per heavy atom. The first-order chi connectivity index (χ1) is 9.96. The Kier molecular flexibility index (Phi) is 5.33. The van der Waals surface area contributed by atoms with E-state index >= 15 is 0 Å². The van der Waals surface area contributed by atoms with E-state index in [1.54, 1.807) is 24.4 Å². The van der Waals surface area contributed by atoms with E-state index in [-0.39, 0.29) is 18.5 Å². The van der Waals surface area contributed by atoms with Gasteiger partial charge < -0.3 is 4.74 Å². The minimum atomic E-state index is -3.41. The van der Waals surface area contributed by atoms with Crippen molar-refractivity contribution >= 4 is 27.0 Å². The van der Waals surface area contributed by atoms with Crippen LogP contribution in [0, 0.1) is 0 Å². The number of aromatic nitrogens is 1. The highest BCUT2D eigenvalue weighted by Crippen LogP contribution is 2.24. The number of benzene rings is 1. The molecule has 1 N–H and O–H groups in total. The molecule has 0 spiro atoms. The molecule has 0 amide bonds. The zero-order valence-electron chi connectivity index (χ0n) is 11.9. The van der Waals surface area contributed by atoms with Crippen molar-refractivity contribution in [2.75, 3.05) is 17.1 Å². The molecular weight excluding hydrogens is 308 g/mol. The van der Waals surface area contributed by atoms with E-state index in [1.165, 1.54) is 11.3 Å². The van der Waals surface area contributed by atoms with Crippen molar-refractivity contribution in [2.45, 2.75) is 20.0 Å².